The summed E-state index contributed by atoms with van der Waals surface area (Å²) in [6, 6.07) is 19.6. The Labute approximate surface area is 128 Å². The number of aryl methyl sites for hydroxylation is 1. The summed E-state index contributed by atoms with van der Waals surface area (Å²) in [6.45, 7) is 2.60. The first-order chi connectivity index (χ1) is 10.2. The van der Waals surface area contributed by atoms with Crippen LogP contribution in [0, 0.1) is 12.7 Å². The lowest BCUT2D eigenvalue weighted by Crippen LogP contribution is -2.00. The molecule has 0 spiro atoms. The molecule has 1 nitrogen and oxygen atoms in total. The summed E-state index contributed by atoms with van der Waals surface area (Å²) in [7, 11) is 0. The summed E-state index contributed by atoms with van der Waals surface area (Å²) < 4.78 is 13.7. The number of thiophene rings is 1. The molecule has 21 heavy (non-hydrogen) atoms. The van der Waals surface area contributed by atoms with Gasteiger partial charge in [0.2, 0.25) is 0 Å². The fraction of sp³-hybridized carbons (Fsp3) is 0.111. The first kappa shape index (κ1) is 13.8. The maximum Gasteiger partial charge on any atom is 0.146 e. The van der Waals surface area contributed by atoms with E-state index in [-0.39, 0.29) is 5.82 Å². The molecule has 0 radical (unpaired) electrons. The van der Waals surface area contributed by atoms with Gasteiger partial charge >= 0.3 is 0 Å². The van der Waals surface area contributed by atoms with Crippen LogP contribution in [-0.2, 0) is 6.54 Å². The second kappa shape index (κ2) is 6.10. The number of halogens is 1. The summed E-state index contributed by atoms with van der Waals surface area (Å²) in [6.07, 6.45) is 0. The molecule has 2 aromatic carbocycles. The van der Waals surface area contributed by atoms with Gasteiger partial charge in [-0.05, 0) is 42.3 Å². The first-order valence-corrected chi connectivity index (χ1v) is 7.68. The van der Waals surface area contributed by atoms with Gasteiger partial charge in [-0.2, -0.15) is 0 Å². The molecule has 0 unspecified atom stereocenters. The molecule has 0 amide bonds. The molecular formula is C18H16FNS. The van der Waals surface area contributed by atoms with E-state index < -0.39 is 0 Å². The number of anilines is 1. The topological polar surface area (TPSA) is 12.0 Å². The first-order valence-electron chi connectivity index (χ1n) is 6.86. The summed E-state index contributed by atoms with van der Waals surface area (Å²) in [5.74, 6) is -0.208. The maximum absolute atomic E-state index is 13.7. The van der Waals surface area contributed by atoms with Crippen LogP contribution < -0.4 is 5.32 Å². The lowest BCUT2D eigenvalue weighted by Gasteiger charge is -2.07. The summed E-state index contributed by atoms with van der Waals surface area (Å²) >= 11 is 1.73. The Kier molecular flexibility index (Phi) is 4.02. The van der Waals surface area contributed by atoms with Crippen LogP contribution in [0.25, 0.3) is 10.4 Å². The molecule has 0 aliphatic carbocycles. The van der Waals surface area contributed by atoms with E-state index in [0.717, 1.165) is 5.56 Å². The average molecular weight is 297 g/mol. The molecule has 0 aliphatic rings. The highest BCUT2D eigenvalue weighted by molar-refractivity contribution is 7.15. The standard InChI is InChI=1S/C18H16FNS/c1-13-7-9-16(19)17(11-13)20-12-15-8-10-18(21-15)14-5-3-2-4-6-14/h2-11,20H,12H2,1H3. The van der Waals surface area contributed by atoms with E-state index in [1.165, 1.54) is 21.4 Å². The van der Waals surface area contributed by atoms with E-state index in [4.69, 9.17) is 0 Å². The summed E-state index contributed by atoms with van der Waals surface area (Å²) in [4.78, 5) is 2.42. The molecule has 3 aromatic rings. The molecule has 1 N–H and O–H groups in total. The third-order valence-electron chi connectivity index (χ3n) is 3.29. The number of nitrogens with one attached hydrogen (secondary N) is 1. The zero-order valence-corrected chi connectivity index (χ0v) is 12.6. The van der Waals surface area contributed by atoms with Gasteiger partial charge in [0.1, 0.15) is 5.82 Å². The van der Waals surface area contributed by atoms with Gasteiger partial charge in [0, 0.05) is 16.3 Å². The molecular weight excluding hydrogens is 281 g/mol. The molecule has 0 atom stereocenters. The largest absolute Gasteiger partial charge is 0.378 e. The number of hydrogen-bond donors (Lipinski definition) is 1. The molecule has 0 saturated carbocycles. The van der Waals surface area contributed by atoms with Crippen LogP contribution in [0.3, 0.4) is 0 Å². The van der Waals surface area contributed by atoms with E-state index in [2.05, 4.69) is 29.6 Å². The Hall–Kier alpha value is -2.13. The van der Waals surface area contributed by atoms with Crippen molar-refractivity contribution in [1.29, 1.82) is 0 Å². The highest BCUT2D eigenvalue weighted by atomic mass is 32.1. The quantitative estimate of drug-likeness (QED) is 0.673. The lowest BCUT2D eigenvalue weighted by atomic mass is 10.2. The van der Waals surface area contributed by atoms with Gasteiger partial charge in [0.25, 0.3) is 0 Å². The normalized spacial score (nSPS) is 10.6. The molecule has 3 rings (SSSR count). The number of hydrogen-bond acceptors (Lipinski definition) is 2. The average Bonchev–Trinajstić information content (AvgIpc) is 2.98. The van der Waals surface area contributed by atoms with Crippen molar-refractivity contribution >= 4 is 17.0 Å². The van der Waals surface area contributed by atoms with E-state index in [1.54, 1.807) is 17.4 Å². The van der Waals surface area contributed by atoms with E-state index in [9.17, 15) is 4.39 Å². The van der Waals surface area contributed by atoms with Crippen LogP contribution in [-0.4, -0.2) is 0 Å². The fourth-order valence-electron chi connectivity index (χ4n) is 2.19. The van der Waals surface area contributed by atoms with Gasteiger partial charge in [-0.25, -0.2) is 4.39 Å². The van der Waals surface area contributed by atoms with Gasteiger partial charge in [0.15, 0.2) is 0 Å². The van der Waals surface area contributed by atoms with Crippen LogP contribution >= 0.6 is 11.3 Å². The Morgan fingerprint density at radius 2 is 1.81 bits per heavy atom. The maximum atomic E-state index is 13.7. The van der Waals surface area contributed by atoms with Crippen molar-refractivity contribution < 1.29 is 4.39 Å². The van der Waals surface area contributed by atoms with Crippen LogP contribution in [0.1, 0.15) is 10.4 Å². The van der Waals surface area contributed by atoms with Crippen LogP contribution in [0.5, 0.6) is 0 Å². The van der Waals surface area contributed by atoms with Gasteiger partial charge in [0.05, 0.1) is 5.69 Å². The number of rotatable bonds is 4. The van der Waals surface area contributed by atoms with Crippen LogP contribution in [0.2, 0.25) is 0 Å². The SMILES string of the molecule is Cc1ccc(F)c(NCc2ccc(-c3ccccc3)s2)c1. The van der Waals surface area contributed by atoms with Crippen molar-refractivity contribution in [3.05, 3.63) is 76.9 Å². The predicted octanol–water partition coefficient (Wildman–Crippen LogP) is 5.47. The minimum atomic E-state index is -0.208. The van der Waals surface area contributed by atoms with E-state index in [0.29, 0.717) is 12.2 Å². The van der Waals surface area contributed by atoms with Gasteiger partial charge in [-0.1, -0.05) is 36.4 Å². The molecule has 0 bridgehead atoms. The minimum absolute atomic E-state index is 0.208. The number of benzene rings is 2. The van der Waals surface area contributed by atoms with Crippen molar-refractivity contribution in [2.24, 2.45) is 0 Å². The van der Waals surface area contributed by atoms with Crippen LogP contribution in [0.4, 0.5) is 10.1 Å². The van der Waals surface area contributed by atoms with Gasteiger partial charge in [-0.3, -0.25) is 0 Å². The Morgan fingerprint density at radius 1 is 1.00 bits per heavy atom. The monoisotopic (exact) mass is 297 g/mol. The van der Waals surface area contributed by atoms with Gasteiger partial charge in [-0.15, -0.1) is 11.3 Å². The second-order valence-electron chi connectivity index (χ2n) is 4.97. The zero-order valence-electron chi connectivity index (χ0n) is 11.8. The second-order valence-corrected chi connectivity index (χ2v) is 6.14. The smallest absolute Gasteiger partial charge is 0.146 e. The lowest BCUT2D eigenvalue weighted by molar-refractivity contribution is 0.630. The summed E-state index contributed by atoms with van der Waals surface area (Å²) in [5.41, 5.74) is 2.83. The molecule has 1 heterocycles. The minimum Gasteiger partial charge on any atom is -0.378 e. The molecule has 0 aliphatic heterocycles. The van der Waals surface area contributed by atoms with Crippen LogP contribution in [0.15, 0.2) is 60.7 Å². The molecule has 106 valence electrons. The molecule has 0 saturated heterocycles. The molecule has 0 fully saturated rings. The third-order valence-corrected chi connectivity index (χ3v) is 4.43. The van der Waals surface area contributed by atoms with Gasteiger partial charge < -0.3 is 5.32 Å². The van der Waals surface area contributed by atoms with E-state index in [1.807, 2.05) is 31.2 Å². The van der Waals surface area contributed by atoms with Crippen molar-refractivity contribution in [3.8, 4) is 10.4 Å². The van der Waals surface area contributed by atoms with Crippen molar-refractivity contribution in [3.63, 3.8) is 0 Å². The predicted molar refractivity (Wildman–Crippen MR) is 88.2 cm³/mol. The highest BCUT2D eigenvalue weighted by Crippen LogP contribution is 2.28. The molecule has 1 aromatic heterocycles. The molecule has 3 heteroatoms. The Balaban J connectivity index is 1.72. The Morgan fingerprint density at radius 3 is 2.62 bits per heavy atom. The van der Waals surface area contributed by atoms with E-state index >= 15 is 0 Å². The fourth-order valence-corrected chi connectivity index (χ4v) is 3.14. The third kappa shape index (κ3) is 3.31. The summed E-state index contributed by atoms with van der Waals surface area (Å²) in [5, 5.41) is 3.17. The zero-order chi connectivity index (χ0) is 14.7. The Bertz CT molecular complexity index is 734. The van der Waals surface area contributed by atoms with Crippen molar-refractivity contribution in [2.75, 3.05) is 5.32 Å². The van der Waals surface area contributed by atoms with Crippen molar-refractivity contribution in [2.45, 2.75) is 13.5 Å². The van der Waals surface area contributed by atoms with Crippen molar-refractivity contribution in [1.82, 2.24) is 0 Å². The highest BCUT2D eigenvalue weighted by Gasteiger charge is 2.05.